The summed E-state index contributed by atoms with van der Waals surface area (Å²) in [5.74, 6) is -1.02. The van der Waals surface area contributed by atoms with Crippen LogP contribution >= 0.6 is 11.3 Å². The summed E-state index contributed by atoms with van der Waals surface area (Å²) in [6.07, 6.45) is 3.18. The molecule has 0 aliphatic rings. The molecule has 0 aliphatic carbocycles. The Morgan fingerprint density at radius 1 is 1.39 bits per heavy atom. The molecule has 2 aromatic rings. The van der Waals surface area contributed by atoms with Crippen LogP contribution in [0.3, 0.4) is 0 Å². The first kappa shape index (κ1) is 17.1. The van der Waals surface area contributed by atoms with Crippen LogP contribution in [0.15, 0.2) is 23.7 Å². The lowest BCUT2D eigenvalue weighted by Gasteiger charge is -2.25. The predicted molar refractivity (Wildman–Crippen MR) is 86.3 cm³/mol. The largest absolute Gasteiger partial charge is 0.476 e. The van der Waals surface area contributed by atoms with E-state index in [1.54, 1.807) is 11.3 Å². The fourth-order valence-corrected chi connectivity index (χ4v) is 3.36. The van der Waals surface area contributed by atoms with Crippen LogP contribution in [0.5, 0.6) is 0 Å². The molecule has 1 amide bonds. The molecule has 2 heterocycles. The Balaban J connectivity index is 2.06. The van der Waals surface area contributed by atoms with E-state index in [1.807, 2.05) is 17.5 Å². The second-order valence-electron chi connectivity index (χ2n) is 5.24. The van der Waals surface area contributed by atoms with E-state index >= 15 is 0 Å². The zero-order valence-electron chi connectivity index (χ0n) is 13.1. The third kappa shape index (κ3) is 4.38. The SMILES string of the molecule is CCC(CC)C(NC(=O)Cn1cc(C(=O)O)nn1)c1cccs1. The molecule has 0 aliphatic heterocycles. The molecule has 0 saturated carbocycles. The highest BCUT2D eigenvalue weighted by Gasteiger charge is 2.23. The van der Waals surface area contributed by atoms with E-state index < -0.39 is 5.97 Å². The Hall–Kier alpha value is -2.22. The second-order valence-corrected chi connectivity index (χ2v) is 6.22. The highest BCUT2D eigenvalue weighted by Crippen LogP contribution is 2.30. The molecule has 1 atom stereocenters. The van der Waals surface area contributed by atoms with Crippen LogP contribution in [0.4, 0.5) is 0 Å². The van der Waals surface area contributed by atoms with Gasteiger partial charge in [0, 0.05) is 4.88 Å². The molecule has 124 valence electrons. The number of hydrogen-bond acceptors (Lipinski definition) is 5. The molecule has 7 nitrogen and oxygen atoms in total. The molecule has 23 heavy (non-hydrogen) atoms. The zero-order valence-corrected chi connectivity index (χ0v) is 13.9. The van der Waals surface area contributed by atoms with Crippen LogP contribution in [0, 0.1) is 5.92 Å². The van der Waals surface area contributed by atoms with Crippen LogP contribution in [-0.4, -0.2) is 32.0 Å². The molecule has 2 rings (SSSR count). The summed E-state index contributed by atoms with van der Waals surface area (Å²) in [6.45, 7) is 4.16. The van der Waals surface area contributed by atoms with Gasteiger partial charge in [-0.15, -0.1) is 16.4 Å². The summed E-state index contributed by atoms with van der Waals surface area (Å²) in [6, 6.07) is 3.95. The first-order valence-corrected chi connectivity index (χ1v) is 8.39. The molecule has 8 heteroatoms. The van der Waals surface area contributed by atoms with E-state index in [2.05, 4.69) is 29.5 Å². The molecule has 0 saturated heterocycles. The average Bonchev–Trinajstić information content (AvgIpc) is 3.18. The Kier molecular flexibility index (Phi) is 5.86. The quantitative estimate of drug-likeness (QED) is 0.771. The van der Waals surface area contributed by atoms with Crippen molar-refractivity contribution in [3.63, 3.8) is 0 Å². The fraction of sp³-hybridized carbons (Fsp3) is 0.467. The molecule has 0 aromatic carbocycles. The van der Waals surface area contributed by atoms with Gasteiger partial charge >= 0.3 is 5.97 Å². The van der Waals surface area contributed by atoms with Crippen molar-refractivity contribution in [2.24, 2.45) is 5.92 Å². The average molecular weight is 336 g/mol. The number of nitrogens with zero attached hydrogens (tertiary/aromatic N) is 3. The van der Waals surface area contributed by atoms with Crippen LogP contribution in [0.2, 0.25) is 0 Å². The van der Waals surface area contributed by atoms with Crippen molar-refractivity contribution in [2.75, 3.05) is 0 Å². The number of aromatic carboxylic acids is 1. The van der Waals surface area contributed by atoms with Crippen molar-refractivity contribution in [1.82, 2.24) is 20.3 Å². The summed E-state index contributed by atoms with van der Waals surface area (Å²) in [4.78, 5) is 24.2. The Morgan fingerprint density at radius 2 is 2.13 bits per heavy atom. The molecular weight excluding hydrogens is 316 g/mol. The van der Waals surface area contributed by atoms with E-state index in [0.717, 1.165) is 17.7 Å². The number of carboxylic acids is 1. The minimum atomic E-state index is -1.16. The van der Waals surface area contributed by atoms with Crippen LogP contribution in [-0.2, 0) is 11.3 Å². The molecule has 2 N–H and O–H groups in total. The Labute approximate surface area is 138 Å². The first-order valence-electron chi connectivity index (χ1n) is 7.51. The van der Waals surface area contributed by atoms with Crippen molar-refractivity contribution < 1.29 is 14.7 Å². The summed E-state index contributed by atoms with van der Waals surface area (Å²) in [7, 11) is 0. The van der Waals surface area contributed by atoms with E-state index in [1.165, 1.54) is 10.9 Å². The van der Waals surface area contributed by atoms with Gasteiger partial charge in [0.1, 0.15) is 6.54 Å². The summed E-state index contributed by atoms with van der Waals surface area (Å²) in [5, 5.41) is 21.0. The van der Waals surface area contributed by atoms with Crippen molar-refractivity contribution >= 4 is 23.2 Å². The minimum absolute atomic E-state index is 0.0417. The minimum Gasteiger partial charge on any atom is -0.476 e. The zero-order chi connectivity index (χ0) is 16.8. The highest BCUT2D eigenvalue weighted by molar-refractivity contribution is 7.10. The molecule has 2 aromatic heterocycles. The molecule has 0 radical (unpaired) electrons. The van der Waals surface area contributed by atoms with Gasteiger partial charge in [0.05, 0.1) is 12.2 Å². The summed E-state index contributed by atoms with van der Waals surface area (Å²) < 4.78 is 1.23. The van der Waals surface area contributed by atoms with Gasteiger partial charge in [-0.1, -0.05) is 38.0 Å². The maximum absolute atomic E-state index is 12.3. The lowest BCUT2D eigenvalue weighted by Crippen LogP contribution is -2.35. The van der Waals surface area contributed by atoms with Gasteiger partial charge in [0.2, 0.25) is 5.91 Å². The Morgan fingerprint density at radius 3 is 2.65 bits per heavy atom. The predicted octanol–water partition coefficient (Wildman–Crippen LogP) is 2.33. The third-order valence-corrected chi connectivity index (χ3v) is 4.71. The van der Waals surface area contributed by atoms with E-state index in [9.17, 15) is 9.59 Å². The highest BCUT2D eigenvalue weighted by atomic mass is 32.1. The fourth-order valence-electron chi connectivity index (χ4n) is 2.49. The number of carboxylic acid groups (broad SMARTS) is 1. The lowest BCUT2D eigenvalue weighted by atomic mass is 9.93. The van der Waals surface area contributed by atoms with Gasteiger partial charge in [-0.2, -0.15) is 0 Å². The number of aromatic nitrogens is 3. The maximum Gasteiger partial charge on any atom is 0.358 e. The Bertz CT molecular complexity index is 649. The molecular formula is C15H20N4O3S. The number of thiophene rings is 1. The molecule has 1 unspecified atom stereocenters. The molecule has 0 spiro atoms. The van der Waals surface area contributed by atoms with Crippen molar-refractivity contribution in [3.8, 4) is 0 Å². The smallest absolute Gasteiger partial charge is 0.358 e. The van der Waals surface area contributed by atoms with Crippen molar-refractivity contribution in [3.05, 3.63) is 34.3 Å². The number of carbonyl (C=O) groups excluding carboxylic acids is 1. The van der Waals surface area contributed by atoms with Crippen LogP contribution < -0.4 is 5.32 Å². The van der Waals surface area contributed by atoms with E-state index in [0.29, 0.717) is 5.92 Å². The number of hydrogen-bond donors (Lipinski definition) is 2. The summed E-state index contributed by atoms with van der Waals surface area (Å²) in [5.41, 5.74) is -0.174. The van der Waals surface area contributed by atoms with Gasteiger partial charge in [-0.25, -0.2) is 9.48 Å². The van der Waals surface area contributed by atoms with Crippen LogP contribution in [0.1, 0.15) is 48.1 Å². The van der Waals surface area contributed by atoms with Gasteiger partial charge in [0.15, 0.2) is 5.69 Å². The maximum atomic E-state index is 12.3. The van der Waals surface area contributed by atoms with Gasteiger partial charge in [0.25, 0.3) is 0 Å². The van der Waals surface area contributed by atoms with Crippen LogP contribution in [0.25, 0.3) is 0 Å². The van der Waals surface area contributed by atoms with E-state index in [4.69, 9.17) is 5.11 Å². The van der Waals surface area contributed by atoms with Crippen molar-refractivity contribution in [2.45, 2.75) is 39.3 Å². The van der Waals surface area contributed by atoms with Gasteiger partial charge in [-0.05, 0) is 17.4 Å². The molecule has 0 bridgehead atoms. The number of nitrogens with one attached hydrogen (secondary N) is 1. The standard InChI is InChI=1S/C15H20N4O3S/c1-3-10(4-2)14(12-6-5-7-23-12)16-13(20)9-19-8-11(15(21)22)17-18-19/h5-8,10,14H,3-4,9H2,1-2H3,(H,16,20)(H,21,22). The third-order valence-electron chi connectivity index (χ3n) is 3.75. The number of rotatable bonds is 8. The first-order chi connectivity index (χ1) is 11.0. The van der Waals surface area contributed by atoms with Gasteiger partial charge in [-0.3, -0.25) is 4.79 Å². The van der Waals surface area contributed by atoms with Crippen molar-refractivity contribution in [1.29, 1.82) is 0 Å². The topological polar surface area (TPSA) is 97.1 Å². The second kappa shape index (κ2) is 7.87. The lowest BCUT2D eigenvalue weighted by molar-refractivity contribution is -0.123. The number of amides is 1. The van der Waals surface area contributed by atoms with E-state index in [-0.39, 0.29) is 24.2 Å². The number of carbonyl (C=O) groups is 2. The monoisotopic (exact) mass is 336 g/mol. The normalized spacial score (nSPS) is 12.3. The molecule has 0 fully saturated rings. The van der Waals surface area contributed by atoms with Gasteiger partial charge < -0.3 is 10.4 Å². The summed E-state index contributed by atoms with van der Waals surface area (Å²) >= 11 is 1.62.